The molecule has 0 radical (unpaired) electrons. The summed E-state index contributed by atoms with van der Waals surface area (Å²) >= 11 is 0. The third-order valence-electron chi connectivity index (χ3n) is 5.02. The fourth-order valence-electron chi connectivity index (χ4n) is 3.48. The summed E-state index contributed by atoms with van der Waals surface area (Å²) in [5, 5.41) is 0. The van der Waals surface area contributed by atoms with Crippen LogP contribution in [0, 0.1) is 0 Å². The molecule has 4 rings (SSSR count). The Labute approximate surface area is 166 Å². The van der Waals surface area contributed by atoms with Crippen molar-refractivity contribution in [3.63, 3.8) is 0 Å². The molecular formula is C23H28O5. The van der Waals surface area contributed by atoms with E-state index in [0.29, 0.717) is 26.4 Å². The second-order valence-corrected chi connectivity index (χ2v) is 7.76. The van der Waals surface area contributed by atoms with Crippen molar-refractivity contribution >= 4 is 0 Å². The minimum Gasteiger partial charge on any atom is -0.370 e. The topological polar surface area (TPSA) is 49.5 Å². The molecule has 2 aliphatic rings. The molecule has 0 amide bonds. The molecule has 0 spiro atoms. The summed E-state index contributed by atoms with van der Waals surface area (Å²) in [5.41, 5.74) is 2.24. The molecule has 0 bridgehead atoms. The van der Waals surface area contributed by atoms with Crippen LogP contribution in [0.15, 0.2) is 60.7 Å². The number of ether oxygens (including phenoxy) is 5. The smallest absolute Gasteiger partial charge is 0.163 e. The van der Waals surface area contributed by atoms with Crippen molar-refractivity contribution in [2.24, 2.45) is 0 Å². The summed E-state index contributed by atoms with van der Waals surface area (Å²) in [7, 11) is 0. The van der Waals surface area contributed by atoms with Crippen molar-refractivity contribution in [1.29, 1.82) is 0 Å². The molecule has 5 heteroatoms. The van der Waals surface area contributed by atoms with Crippen molar-refractivity contribution < 1.29 is 23.7 Å². The maximum Gasteiger partial charge on any atom is 0.163 e. The van der Waals surface area contributed by atoms with Crippen LogP contribution in [0.4, 0.5) is 0 Å². The molecule has 0 aliphatic carbocycles. The van der Waals surface area contributed by atoms with Crippen LogP contribution in [-0.4, -0.2) is 43.4 Å². The Hall–Kier alpha value is -1.76. The van der Waals surface area contributed by atoms with Crippen LogP contribution in [0.25, 0.3) is 0 Å². The summed E-state index contributed by atoms with van der Waals surface area (Å²) in [5.74, 6) is -0.618. The molecule has 150 valence electrons. The van der Waals surface area contributed by atoms with Gasteiger partial charge in [-0.3, -0.25) is 0 Å². The second kappa shape index (κ2) is 8.72. The third-order valence-corrected chi connectivity index (χ3v) is 5.02. The summed E-state index contributed by atoms with van der Waals surface area (Å²) in [6.45, 7) is 6.01. The molecule has 0 N–H and O–H groups in total. The molecule has 2 aromatic carbocycles. The largest absolute Gasteiger partial charge is 0.370 e. The highest BCUT2D eigenvalue weighted by Crippen LogP contribution is 2.32. The summed E-state index contributed by atoms with van der Waals surface area (Å²) in [4.78, 5) is 0. The van der Waals surface area contributed by atoms with Crippen LogP contribution in [-0.2, 0) is 36.9 Å². The number of hydrogen-bond donors (Lipinski definition) is 0. The summed E-state index contributed by atoms with van der Waals surface area (Å²) in [6.07, 6.45) is -0.676. The highest BCUT2D eigenvalue weighted by atomic mass is 16.8. The number of benzene rings is 2. The van der Waals surface area contributed by atoms with Gasteiger partial charge in [0.05, 0.1) is 26.4 Å². The van der Waals surface area contributed by atoms with Gasteiger partial charge in [-0.15, -0.1) is 0 Å². The Morgan fingerprint density at radius 2 is 1.32 bits per heavy atom. The molecule has 0 saturated carbocycles. The summed E-state index contributed by atoms with van der Waals surface area (Å²) in [6, 6.07) is 20.3. The lowest BCUT2D eigenvalue weighted by Gasteiger charge is -2.31. The lowest BCUT2D eigenvalue weighted by atomic mass is 10.0. The van der Waals surface area contributed by atoms with Crippen molar-refractivity contribution in [3.05, 3.63) is 71.8 Å². The molecule has 2 aliphatic heterocycles. The predicted octanol–water partition coefficient (Wildman–Crippen LogP) is 3.71. The Morgan fingerprint density at radius 1 is 0.821 bits per heavy atom. The fourth-order valence-corrected chi connectivity index (χ4v) is 3.48. The molecular weight excluding hydrogens is 356 g/mol. The van der Waals surface area contributed by atoms with Gasteiger partial charge in [0, 0.05) is 0 Å². The van der Waals surface area contributed by atoms with Gasteiger partial charge in [-0.2, -0.15) is 0 Å². The predicted molar refractivity (Wildman–Crippen MR) is 105 cm³/mol. The van der Waals surface area contributed by atoms with Crippen LogP contribution in [0.2, 0.25) is 0 Å². The number of rotatable bonds is 9. The Morgan fingerprint density at radius 3 is 1.75 bits per heavy atom. The van der Waals surface area contributed by atoms with Gasteiger partial charge >= 0.3 is 0 Å². The Bertz CT molecular complexity index is 729. The van der Waals surface area contributed by atoms with E-state index in [4.69, 9.17) is 23.7 Å². The van der Waals surface area contributed by atoms with E-state index >= 15 is 0 Å². The molecule has 2 aromatic rings. The average molecular weight is 384 g/mol. The van der Waals surface area contributed by atoms with Crippen molar-refractivity contribution in [2.75, 3.05) is 13.2 Å². The first-order valence-corrected chi connectivity index (χ1v) is 9.85. The zero-order valence-electron chi connectivity index (χ0n) is 16.5. The molecule has 1 unspecified atom stereocenters. The highest BCUT2D eigenvalue weighted by molar-refractivity contribution is 5.14. The van der Waals surface area contributed by atoms with Crippen LogP contribution in [0.1, 0.15) is 25.0 Å². The van der Waals surface area contributed by atoms with Crippen LogP contribution < -0.4 is 0 Å². The maximum absolute atomic E-state index is 6.35. The van der Waals surface area contributed by atoms with Crippen molar-refractivity contribution in [1.82, 2.24) is 0 Å². The van der Waals surface area contributed by atoms with Crippen LogP contribution >= 0.6 is 0 Å². The maximum atomic E-state index is 6.35. The lowest BCUT2D eigenvalue weighted by molar-refractivity contribution is -0.182. The molecule has 2 fully saturated rings. The molecule has 5 nitrogen and oxygen atoms in total. The van der Waals surface area contributed by atoms with E-state index in [1.165, 1.54) is 0 Å². The average Bonchev–Trinajstić information content (AvgIpc) is 3.48. The monoisotopic (exact) mass is 384 g/mol. The molecule has 0 aromatic heterocycles. The van der Waals surface area contributed by atoms with E-state index in [1.807, 2.05) is 50.2 Å². The SMILES string of the molecule is CC1(C)OC[C@H]([C@@H](OCc2ccccc2)[C@H](OCc2ccccc2)C2CO2)O1. The van der Waals surface area contributed by atoms with Gasteiger partial charge in [0.25, 0.3) is 0 Å². The Balaban J connectivity index is 1.48. The minimum atomic E-state index is -0.618. The van der Waals surface area contributed by atoms with Crippen LogP contribution in [0.5, 0.6) is 0 Å². The van der Waals surface area contributed by atoms with E-state index in [2.05, 4.69) is 24.3 Å². The second-order valence-electron chi connectivity index (χ2n) is 7.76. The first-order chi connectivity index (χ1) is 13.6. The van der Waals surface area contributed by atoms with Gasteiger partial charge in [0.2, 0.25) is 0 Å². The van der Waals surface area contributed by atoms with Gasteiger partial charge in [-0.1, -0.05) is 60.7 Å². The van der Waals surface area contributed by atoms with Gasteiger partial charge in [-0.05, 0) is 25.0 Å². The Kier molecular flexibility index (Phi) is 6.09. The molecule has 2 heterocycles. The van der Waals surface area contributed by atoms with Crippen molar-refractivity contribution in [2.45, 2.75) is 57.3 Å². The number of epoxide rings is 1. The standard InChI is InChI=1S/C23H28O5/c1-23(2)27-16-20(28-23)22(26-14-18-11-7-4-8-12-18)21(19-15-24-19)25-13-17-9-5-3-6-10-17/h3-12,19-22H,13-16H2,1-2H3/t19?,20-,21-,22-/m1/s1. The van der Waals surface area contributed by atoms with E-state index in [-0.39, 0.29) is 24.4 Å². The number of hydrogen-bond acceptors (Lipinski definition) is 5. The fraction of sp³-hybridized carbons (Fsp3) is 0.478. The van der Waals surface area contributed by atoms with Crippen molar-refractivity contribution in [3.8, 4) is 0 Å². The zero-order chi connectivity index (χ0) is 19.4. The van der Waals surface area contributed by atoms with E-state index in [0.717, 1.165) is 11.1 Å². The van der Waals surface area contributed by atoms with Gasteiger partial charge in [0.15, 0.2) is 5.79 Å². The highest BCUT2D eigenvalue weighted by Gasteiger charge is 2.47. The van der Waals surface area contributed by atoms with E-state index in [1.54, 1.807) is 0 Å². The van der Waals surface area contributed by atoms with Gasteiger partial charge in [0.1, 0.15) is 24.4 Å². The first-order valence-electron chi connectivity index (χ1n) is 9.85. The van der Waals surface area contributed by atoms with E-state index in [9.17, 15) is 0 Å². The summed E-state index contributed by atoms with van der Waals surface area (Å²) < 4.78 is 30.2. The quantitative estimate of drug-likeness (QED) is 0.617. The van der Waals surface area contributed by atoms with E-state index < -0.39 is 5.79 Å². The zero-order valence-corrected chi connectivity index (χ0v) is 16.5. The molecule has 4 atom stereocenters. The normalized spacial score (nSPS) is 25.4. The minimum absolute atomic E-state index is 0.0248. The molecule has 2 saturated heterocycles. The van der Waals surface area contributed by atoms with Crippen LogP contribution in [0.3, 0.4) is 0 Å². The van der Waals surface area contributed by atoms with Gasteiger partial charge < -0.3 is 23.7 Å². The first kappa shape index (κ1) is 19.6. The lowest BCUT2D eigenvalue weighted by Crippen LogP contribution is -2.46. The third kappa shape index (κ3) is 5.19. The molecule has 28 heavy (non-hydrogen) atoms. The van der Waals surface area contributed by atoms with Gasteiger partial charge in [-0.25, -0.2) is 0 Å².